The third-order valence-electron chi connectivity index (χ3n) is 2.33. The molecule has 0 aromatic heterocycles. The summed E-state index contributed by atoms with van der Waals surface area (Å²) < 4.78 is 33.3. The molecule has 0 amide bonds. The van der Waals surface area contributed by atoms with Crippen molar-refractivity contribution in [3.8, 4) is 0 Å². The Bertz CT molecular complexity index is 620. The second kappa shape index (κ2) is 4.60. The largest absolute Gasteiger partial charge is 1.00 e. The normalized spacial score (nSPS) is 11.1. The Kier molecular flexibility index (Phi) is 3.82. The second-order valence-electron chi connectivity index (χ2n) is 3.39. The molecule has 16 heavy (non-hydrogen) atoms. The summed E-state index contributed by atoms with van der Waals surface area (Å²) in [6.07, 6.45) is 0. The zero-order valence-corrected chi connectivity index (χ0v) is 9.91. The van der Waals surface area contributed by atoms with Gasteiger partial charge in [-0.25, -0.2) is 8.42 Å². The molecule has 0 N–H and O–H groups in total. The fourth-order valence-corrected chi connectivity index (χ4v) is 2.60. The van der Waals surface area contributed by atoms with E-state index in [4.69, 9.17) is 0 Å². The van der Waals surface area contributed by atoms with Gasteiger partial charge in [-0.05, 0) is 23.3 Å². The Balaban J connectivity index is 0.00000128. The van der Waals surface area contributed by atoms with E-state index in [1.807, 2.05) is 0 Å². The molecule has 0 saturated carbocycles. The predicted molar refractivity (Wildman–Crippen MR) is 56.6 cm³/mol. The zero-order valence-electron chi connectivity index (χ0n) is 9.10. The summed E-state index contributed by atoms with van der Waals surface area (Å²) in [5.74, 6) is 0. The number of benzene rings is 2. The topological polar surface area (TPSA) is 57.2 Å². The second-order valence-corrected chi connectivity index (χ2v) is 4.70. The van der Waals surface area contributed by atoms with Gasteiger partial charge in [-0.1, -0.05) is 36.4 Å². The van der Waals surface area contributed by atoms with Crippen LogP contribution in [0.15, 0.2) is 41.3 Å². The molecule has 0 aliphatic carbocycles. The molecule has 5 heteroatoms. The van der Waals surface area contributed by atoms with Gasteiger partial charge in [0.15, 0.2) is 0 Å². The van der Waals surface area contributed by atoms with Crippen LogP contribution in [0.3, 0.4) is 0 Å². The molecule has 2 rings (SSSR count). The third-order valence-corrected chi connectivity index (χ3v) is 3.37. The van der Waals surface area contributed by atoms with Gasteiger partial charge in [-0.15, -0.1) is 0 Å². The summed E-state index contributed by atoms with van der Waals surface area (Å²) in [5, 5.41) is 1.25. The maximum absolute atomic E-state index is 11.1. The first-order valence-electron chi connectivity index (χ1n) is 4.44. The molecular formula is C11H9LiO3S. The van der Waals surface area contributed by atoms with Crippen LogP contribution in [0.1, 0.15) is 5.56 Å². The van der Waals surface area contributed by atoms with E-state index in [1.54, 1.807) is 43.3 Å². The standard InChI is InChI=1S/C11H10O3S.Li/c1-8-6-7-9-4-2-3-5-10(9)11(8)15(12,13)14;/h2-7H,1H3,(H,12,13,14);/q;+1/p-1. The quantitative estimate of drug-likeness (QED) is 0.467. The average Bonchev–Trinajstić information content (AvgIpc) is 2.15. The van der Waals surface area contributed by atoms with Crippen molar-refractivity contribution in [3.05, 3.63) is 42.0 Å². The molecule has 0 heterocycles. The first-order chi connectivity index (χ1) is 7.00. The summed E-state index contributed by atoms with van der Waals surface area (Å²) in [6.45, 7) is 1.62. The molecule has 2 aromatic rings. The molecule has 0 unspecified atom stereocenters. The Morgan fingerprint density at radius 3 is 2.31 bits per heavy atom. The van der Waals surface area contributed by atoms with Crippen molar-refractivity contribution in [3.63, 3.8) is 0 Å². The minimum Gasteiger partial charge on any atom is -0.744 e. The van der Waals surface area contributed by atoms with Crippen LogP contribution in [0.25, 0.3) is 10.8 Å². The van der Waals surface area contributed by atoms with Gasteiger partial charge < -0.3 is 4.55 Å². The van der Waals surface area contributed by atoms with Crippen LogP contribution in [-0.2, 0) is 10.1 Å². The molecule has 2 aromatic carbocycles. The van der Waals surface area contributed by atoms with Crippen molar-refractivity contribution >= 4 is 20.9 Å². The molecule has 78 valence electrons. The summed E-state index contributed by atoms with van der Waals surface area (Å²) in [4.78, 5) is -0.111. The van der Waals surface area contributed by atoms with Crippen LogP contribution in [0.4, 0.5) is 0 Å². The van der Waals surface area contributed by atoms with Crippen molar-refractivity contribution in [2.24, 2.45) is 0 Å². The van der Waals surface area contributed by atoms with E-state index in [0.717, 1.165) is 5.39 Å². The van der Waals surface area contributed by atoms with Crippen molar-refractivity contribution < 1.29 is 31.8 Å². The number of aryl methyl sites for hydroxylation is 1. The molecule has 3 nitrogen and oxygen atoms in total. The SMILES string of the molecule is Cc1ccc2ccccc2c1S(=O)(=O)[O-].[Li+]. The first-order valence-corrected chi connectivity index (χ1v) is 5.85. The number of hydrogen-bond donors (Lipinski definition) is 0. The molecule has 0 aliphatic rings. The van der Waals surface area contributed by atoms with E-state index in [2.05, 4.69) is 0 Å². The smallest absolute Gasteiger partial charge is 0.744 e. The fraction of sp³-hybridized carbons (Fsp3) is 0.0909. The van der Waals surface area contributed by atoms with E-state index in [0.29, 0.717) is 10.9 Å². The van der Waals surface area contributed by atoms with Gasteiger partial charge in [-0.3, -0.25) is 0 Å². The molecule has 0 aliphatic heterocycles. The number of fused-ring (bicyclic) bond motifs is 1. The average molecular weight is 228 g/mol. The molecular weight excluding hydrogens is 219 g/mol. The molecule has 0 radical (unpaired) electrons. The molecule has 0 atom stereocenters. The van der Waals surface area contributed by atoms with Gasteiger partial charge >= 0.3 is 18.9 Å². The van der Waals surface area contributed by atoms with E-state index in [1.165, 1.54) is 0 Å². The Morgan fingerprint density at radius 1 is 1.06 bits per heavy atom. The Hall–Kier alpha value is -0.793. The minimum atomic E-state index is -4.41. The van der Waals surface area contributed by atoms with E-state index < -0.39 is 10.1 Å². The van der Waals surface area contributed by atoms with Crippen molar-refractivity contribution in [1.82, 2.24) is 0 Å². The molecule has 0 spiro atoms. The maximum Gasteiger partial charge on any atom is 1.00 e. The van der Waals surface area contributed by atoms with E-state index in [9.17, 15) is 13.0 Å². The minimum absolute atomic E-state index is 0. The zero-order chi connectivity index (χ0) is 11.1. The predicted octanol–water partition coefficient (Wildman–Crippen LogP) is -0.944. The van der Waals surface area contributed by atoms with E-state index >= 15 is 0 Å². The van der Waals surface area contributed by atoms with Crippen molar-refractivity contribution in [2.75, 3.05) is 0 Å². The molecule has 0 saturated heterocycles. The van der Waals surface area contributed by atoms with Crippen LogP contribution >= 0.6 is 0 Å². The maximum atomic E-state index is 11.1. The monoisotopic (exact) mass is 228 g/mol. The molecule has 0 bridgehead atoms. The van der Waals surface area contributed by atoms with Crippen LogP contribution in [0, 0.1) is 6.92 Å². The Morgan fingerprint density at radius 2 is 1.69 bits per heavy atom. The van der Waals surface area contributed by atoms with Gasteiger partial charge in [-0.2, -0.15) is 0 Å². The van der Waals surface area contributed by atoms with Gasteiger partial charge in [0.05, 0.1) is 4.90 Å². The fourth-order valence-electron chi connectivity index (χ4n) is 1.68. The first kappa shape index (κ1) is 13.3. The van der Waals surface area contributed by atoms with Crippen LogP contribution < -0.4 is 18.9 Å². The summed E-state index contributed by atoms with van der Waals surface area (Å²) in [5.41, 5.74) is 0.490. The van der Waals surface area contributed by atoms with Gasteiger partial charge in [0, 0.05) is 0 Å². The van der Waals surface area contributed by atoms with Crippen LogP contribution in [0.2, 0.25) is 0 Å². The van der Waals surface area contributed by atoms with Gasteiger partial charge in [0.1, 0.15) is 10.1 Å². The summed E-state index contributed by atoms with van der Waals surface area (Å²) in [7, 11) is -4.41. The van der Waals surface area contributed by atoms with E-state index in [-0.39, 0.29) is 23.8 Å². The van der Waals surface area contributed by atoms with Gasteiger partial charge in [0.2, 0.25) is 0 Å². The van der Waals surface area contributed by atoms with Crippen LogP contribution in [-0.4, -0.2) is 13.0 Å². The van der Waals surface area contributed by atoms with Crippen molar-refractivity contribution in [1.29, 1.82) is 0 Å². The molecule has 0 fully saturated rings. The van der Waals surface area contributed by atoms with Crippen molar-refractivity contribution in [2.45, 2.75) is 11.8 Å². The Labute approximate surface area is 106 Å². The van der Waals surface area contributed by atoms with Gasteiger partial charge in [0.25, 0.3) is 0 Å². The summed E-state index contributed by atoms with van der Waals surface area (Å²) in [6, 6.07) is 10.4. The van der Waals surface area contributed by atoms with Crippen LogP contribution in [0.5, 0.6) is 0 Å². The third kappa shape index (κ3) is 2.31. The number of hydrogen-bond acceptors (Lipinski definition) is 3. The summed E-state index contributed by atoms with van der Waals surface area (Å²) >= 11 is 0. The number of rotatable bonds is 1.